The van der Waals surface area contributed by atoms with Gasteiger partial charge in [-0.25, -0.2) is 4.79 Å². The summed E-state index contributed by atoms with van der Waals surface area (Å²) in [5, 5.41) is 22.8. The number of aryl methyl sites for hydroxylation is 2. The summed E-state index contributed by atoms with van der Waals surface area (Å²) in [4.78, 5) is 24.8. The number of carbonyl (C=O) groups excluding carboxylic acids is 1. The van der Waals surface area contributed by atoms with Gasteiger partial charge in [-0.3, -0.25) is 4.79 Å². The zero-order valence-electron chi connectivity index (χ0n) is 23.7. The van der Waals surface area contributed by atoms with E-state index in [-0.39, 0.29) is 17.2 Å². The molecule has 6 heteroatoms. The molecule has 0 radical (unpaired) electrons. The zero-order valence-corrected chi connectivity index (χ0v) is 23.7. The van der Waals surface area contributed by atoms with Crippen LogP contribution in [-0.2, 0) is 16.8 Å². The van der Waals surface area contributed by atoms with Crippen LogP contribution in [0.4, 0.5) is 0 Å². The fraction of sp³-hybridized carbons (Fsp3) is 0.548. The van der Waals surface area contributed by atoms with Crippen molar-refractivity contribution in [3.05, 3.63) is 58.4 Å². The number of amides is 1. The van der Waals surface area contributed by atoms with Crippen molar-refractivity contribution in [3.8, 4) is 11.8 Å². The first-order chi connectivity index (χ1) is 17.4. The lowest BCUT2D eigenvalue weighted by Crippen LogP contribution is -2.44. The van der Waals surface area contributed by atoms with Gasteiger partial charge in [0.05, 0.1) is 0 Å². The summed E-state index contributed by atoms with van der Waals surface area (Å²) in [6.45, 7) is 16.3. The highest BCUT2D eigenvalue weighted by Gasteiger charge is 2.34. The second kappa shape index (κ2) is 12.5. The minimum absolute atomic E-state index is 0.230. The number of nitrogens with one attached hydrogen (secondary N) is 1. The number of hydrogen-bond donors (Lipinski definition) is 3. The predicted molar refractivity (Wildman–Crippen MR) is 149 cm³/mol. The molecule has 1 aromatic heterocycles. The van der Waals surface area contributed by atoms with Crippen LogP contribution in [-0.4, -0.2) is 38.3 Å². The molecule has 1 atom stereocenters. The third-order valence-electron chi connectivity index (χ3n) is 7.83. The third kappa shape index (κ3) is 6.45. The Balaban J connectivity index is 2.53. The zero-order chi connectivity index (χ0) is 28.0. The lowest BCUT2D eigenvalue weighted by Gasteiger charge is -2.32. The molecule has 1 heterocycles. The molecule has 2 rings (SSSR count). The molecule has 202 valence electrons. The molecular weight excluding hydrogens is 464 g/mol. The summed E-state index contributed by atoms with van der Waals surface area (Å²) in [5.74, 6) is 4.58. The van der Waals surface area contributed by atoms with Crippen molar-refractivity contribution in [1.29, 1.82) is 0 Å². The Morgan fingerprint density at radius 3 is 2.08 bits per heavy atom. The molecule has 0 aliphatic carbocycles. The minimum atomic E-state index is -1.04. The van der Waals surface area contributed by atoms with Gasteiger partial charge in [0.25, 0.3) is 5.91 Å². The molecule has 0 saturated carbocycles. The molecule has 2 aromatic rings. The van der Waals surface area contributed by atoms with Crippen molar-refractivity contribution in [3.63, 3.8) is 0 Å². The van der Waals surface area contributed by atoms with Gasteiger partial charge < -0.3 is 20.1 Å². The molecule has 0 fully saturated rings. The lowest BCUT2D eigenvalue weighted by molar-refractivity contribution is -0.140. The maximum Gasteiger partial charge on any atom is 0.326 e. The van der Waals surface area contributed by atoms with E-state index < -0.39 is 17.6 Å². The van der Waals surface area contributed by atoms with Gasteiger partial charge in [0.1, 0.15) is 17.3 Å². The highest BCUT2D eigenvalue weighted by Crippen LogP contribution is 2.40. The second-order valence-electron chi connectivity index (χ2n) is 10.2. The number of aromatic nitrogens is 1. The minimum Gasteiger partial charge on any atom is -0.480 e. The summed E-state index contributed by atoms with van der Waals surface area (Å²) < 4.78 is 1.90. The quantitative estimate of drug-likeness (QED) is 0.341. The summed E-state index contributed by atoms with van der Waals surface area (Å²) in [7, 11) is 0. The highest BCUT2D eigenvalue weighted by atomic mass is 16.4. The third-order valence-corrected chi connectivity index (χ3v) is 7.83. The Bertz CT molecular complexity index is 1160. The van der Waals surface area contributed by atoms with Gasteiger partial charge in [-0.2, -0.15) is 0 Å². The van der Waals surface area contributed by atoms with E-state index in [0.29, 0.717) is 25.1 Å². The molecular formula is C31H44N2O4. The number of carbonyl (C=O) groups is 2. The van der Waals surface area contributed by atoms with Crippen molar-refractivity contribution in [2.75, 3.05) is 0 Å². The first-order valence-corrected chi connectivity index (χ1v) is 13.5. The standard InChI is InChI=1S/C31H44N2O4/c1-9-30(37,10-2)17-16-23-14-15-24(18-22(23)8)31(11-3,12-4)25-19-26(33(13-5)20-25)28(34)32-27(21(6)7)29(35)36/h14-15,18-21,27,37H,9-13H2,1-8H3,(H,32,34)(H,35,36)/t27-/m0/s1. The number of aliphatic hydroxyl groups is 1. The molecule has 1 amide bonds. The van der Waals surface area contributed by atoms with Gasteiger partial charge in [-0.15, -0.1) is 0 Å². The van der Waals surface area contributed by atoms with Crippen LogP contribution in [0, 0.1) is 24.7 Å². The second-order valence-corrected chi connectivity index (χ2v) is 10.2. The number of aliphatic carboxylic acids is 1. The molecule has 0 spiro atoms. The Morgan fingerprint density at radius 2 is 1.62 bits per heavy atom. The van der Waals surface area contributed by atoms with Crippen LogP contribution in [0.5, 0.6) is 0 Å². The summed E-state index contributed by atoms with van der Waals surface area (Å²) in [6, 6.07) is 7.25. The van der Waals surface area contributed by atoms with Gasteiger partial charge in [-0.05, 0) is 74.3 Å². The Morgan fingerprint density at radius 1 is 1.00 bits per heavy atom. The number of nitrogens with zero attached hydrogens (tertiary/aromatic N) is 1. The first-order valence-electron chi connectivity index (χ1n) is 13.5. The summed E-state index contributed by atoms with van der Waals surface area (Å²) >= 11 is 0. The fourth-order valence-electron chi connectivity index (χ4n) is 4.90. The van der Waals surface area contributed by atoms with E-state index in [9.17, 15) is 19.8 Å². The number of carboxylic acid groups (broad SMARTS) is 1. The molecule has 0 bridgehead atoms. The van der Waals surface area contributed by atoms with Crippen molar-refractivity contribution >= 4 is 11.9 Å². The maximum atomic E-state index is 13.2. The van der Waals surface area contributed by atoms with E-state index in [1.54, 1.807) is 13.8 Å². The van der Waals surface area contributed by atoms with Gasteiger partial charge in [0.15, 0.2) is 0 Å². The Kier molecular flexibility index (Phi) is 10.2. The molecule has 0 aliphatic rings. The van der Waals surface area contributed by atoms with Crippen molar-refractivity contribution in [1.82, 2.24) is 9.88 Å². The van der Waals surface area contributed by atoms with Crippen LogP contribution in [0.2, 0.25) is 0 Å². The SMILES string of the molecule is CCn1cc(C(CC)(CC)c2ccc(C#CC(O)(CC)CC)c(C)c2)cc1C(=O)N[C@H](C(=O)O)C(C)C. The number of carboxylic acids is 1. The van der Waals surface area contributed by atoms with Crippen molar-refractivity contribution < 1.29 is 19.8 Å². The van der Waals surface area contributed by atoms with Crippen LogP contribution >= 0.6 is 0 Å². The molecule has 0 saturated heterocycles. The summed E-state index contributed by atoms with van der Waals surface area (Å²) in [5.41, 5.74) is 3.29. The van der Waals surface area contributed by atoms with E-state index in [0.717, 1.165) is 35.1 Å². The number of benzene rings is 1. The molecule has 0 unspecified atom stereocenters. The van der Waals surface area contributed by atoms with Crippen LogP contribution in [0.15, 0.2) is 30.5 Å². The predicted octanol–water partition coefficient (Wildman–Crippen LogP) is 5.66. The van der Waals surface area contributed by atoms with Crippen LogP contribution in [0.1, 0.15) is 107 Å². The average Bonchev–Trinajstić information content (AvgIpc) is 3.32. The highest BCUT2D eigenvalue weighted by molar-refractivity contribution is 5.95. The Labute approximate surface area is 222 Å². The van der Waals surface area contributed by atoms with Crippen LogP contribution in [0.3, 0.4) is 0 Å². The Hall–Kier alpha value is -3.04. The van der Waals surface area contributed by atoms with Crippen LogP contribution < -0.4 is 5.32 Å². The van der Waals surface area contributed by atoms with Gasteiger partial charge in [0, 0.05) is 23.7 Å². The number of rotatable bonds is 11. The van der Waals surface area contributed by atoms with E-state index in [2.05, 4.69) is 43.1 Å². The van der Waals surface area contributed by atoms with Crippen molar-refractivity contribution in [2.45, 2.75) is 105 Å². The van der Waals surface area contributed by atoms with E-state index in [1.165, 1.54) is 0 Å². The molecule has 0 aliphatic heterocycles. The molecule has 1 aromatic carbocycles. The normalized spacial score (nSPS) is 12.7. The molecule has 6 nitrogen and oxygen atoms in total. The molecule has 3 N–H and O–H groups in total. The molecule has 37 heavy (non-hydrogen) atoms. The van der Waals surface area contributed by atoms with Crippen molar-refractivity contribution in [2.24, 2.45) is 5.92 Å². The first kappa shape index (κ1) is 30.2. The number of hydrogen-bond acceptors (Lipinski definition) is 3. The average molecular weight is 509 g/mol. The van der Waals surface area contributed by atoms with Gasteiger partial charge in [-0.1, -0.05) is 65.5 Å². The maximum absolute atomic E-state index is 13.2. The monoisotopic (exact) mass is 508 g/mol. The van der Waals surface area contributed by atoms with Gasteiger partial charge in [0.2, 0.25) is 0 Å². The fourth-order valence-corrected chi connectivity index (χ4v) is 4.90. The topological polar surface area (TPSA) is 91.6 Å². The van der Waals surface area contributed by atoms with Crippen LogP contribution in [0.25, 0.3) is 0 Å². The summed E-state index contributed by atoms with van der Waals surface area (Å²) in [6.07, 6.45) is 4.85. The van der Waals surface area contributed by atoms with Gasteiger partial charge >= 0.3 is 5.97 Å². The lowest BCUT2D eigenvalue weighted by atomic mass is 9.71. The van der Waals surface area contributed by atoms with E-state index >= 15 is 0 Å². The largest absolute Gasteiger partial charge is 0.480 e. The smallest absolute Gasteiger partial charge is 0.326 e. The van der Waals surface area contributed by atoms with E-state index in [4.69, 9.17) is 0 Å². The van der Waals surface area contributed by atoms with E-state index in [1.807, 2.05) is 50.6 Å².